The van der Waals surface area contributed by atoms with Gasteiger partial charge in [-0.2, -0.15) is 0 Å². The maximum atomic E-state index is 13.0. The Balaban J connectivity index is 1.17. The number of hydrogen-bond donors (Lipinski definition) is 0. The van der Waals surface area contributed by atoms with Gasteiger partial charge < -0.3 is 0 Å². The number of carbonyl (C=O) groups is 1. The quantitative estimate of drug-likeness (QED) is 0.103. The Morgan fingerprint density at radius 1 is 0.595 bits per heavy atom. The zero-order valence-corrected chi connectivity index (χ0v) is 22.1. The van der Waals surface area contributed by atoms with Crippen molar-refractivity contribution in [1.29, 1.82) is 0 Å². The second-order valence-electron chi connectivity index (χ2n) is 9.93. The topological polar surface area (TPSA) is 17.1 Å². The number of carbonyl (C=O) groups excluding carboxylic acids is 1. The zero-order chi connectivity index (χ0) is 26.1. The lowest BCUT2D eigenvalue weighted by Crippen LogP contribution is -1.93. The Morgan fingerprint density at radius 2 is 1.03 bits per heavy atom. The van der Waals surface area contributed by atoms with Gasteiger partial charge in [-0.1, -0.05) is 119 Å². The van der Waals surface area contributed by atoms with Crippen LogP contribution in [-0.4, -0.2) is 5.78 Å². The van der Waals surface area contributed by atoms with Gasteiger partial charge in [-0.25, -0.2) is 4.39 Å². The van der Waals surface area contributed by atoms with E-state index in [4.69, 9.17) is 0 Å². The molecule has 3 aromatic rings. The Bertz CT molecular complexity index is 1090. The van der Waals surface area contributed by atoms with Crippen LogP contribution in [0.5, 0.6) is 0 Å². The monoisotopic (exact) mass is 496 g/mol. The molecule has 0 atom stereocenters. The highest BCUT2D eigenvalue weighted by Crippen LogP contribution is 2.15. The van der Waals surface area contributed by atoms with Crippen molar-refractivity contribution in [3.8, 4) is 0 Å². The summed E-state index contributed by atoms with van der Waals surface area (Å²) in [6, 6.07) is 22.8. The number of rotatable bonds is 17. The van der Waals surface area contributed by atoms with Crippen LogP contribution in [-0.2, 0) is 12.8 Å². The van der Waals surface area contributed by atoms with E-state index in [1.165, 1.54) is 112 Å². The fourth-order valence-electron chi connectivity index (χ4n) is 4.57. The van der Waals surface area contributed by atoms with E-state index in [0.29, 0.717) is 5.56 Å². The Hall–Kier alpha value is -3.26. The second kappa shape index (κ2) is 16.5. The molecule has 0 bridgehead atoms. The summed E-state index contributed by atoms with van der Waals surface area (Å²) >= 11 is 0. The third kappa shape index (κ3) is 11.1. The highest BCUT2D eigenvalue weighted by molar-refractivity contribution is 6.06. The molecule has 3 aromatic carbocycles. The molecule has 1 nitrogen and oxygen atoms in total. The maximum absolute atomic E-state index is 13.0. The van der Waals surface area contributed by atoms with Crippen LogP contribution in [0.4, 0.5) is 4.39 Å². The summed E-state index contributed by atoms with van der Waals surface area (Å²) in [6.45, 7) is 3.81. The van der Waals surface area contributed by atoms with Crippen molar-refractivity contribution in [2.45, 2.75) is 77.0 Å². The lowest BCUT2D eigenvalue weighted by atomic mass is 10.0. The molecule has 0 N–H and O–H groups in total. The van der Waals surface area contributed by atoms with Gasteiger partial charge in [0, 0.05) is 5.56 Å². The minimum atomic E-state index is -0.333. The zero-order valence-electron chi connectivity index (χ0n) is 22.1. The standard InChI is InChI=1S/C35H41FO/c1-2-29-15-17-30(18-16-29)13-11-9-7-5-3-4-6-8-10-12-14-31-19-21-32(22-20-31)23-28-35(37)33-24-26-34(36)27-25-33/h2,15-28H,1,3-14H2/b28-23+. The van der Waals surface area contributed by atoms with Crippen LogP contribution in [0.1, 0.15) is 96.8 Å². The Labute approximate surface area is 223 Å². The van der Waals surface area contributed by atoms with Crippen LogP contribution in [0.3, 0.4) is 0 Å². The van der Waals surface area contributed by atoms with Gasteiger partial charge >= 0.3 is 0 Å². The first-order valence-corrected chi connectivity index (χ1v) is 13.9. The highest BCUT2D eigenvalue weighted by atomic mass is 19.1. The van der Waals surface area contributed by atoms with Gasteiger partial charge in [-0.05, 0) is 78.3 Å². The number of allylic oxidation sites excluding steroid dienone is 1. The van der Waals surface area contributed by atoms with Gasteiger partial charge in [-0.15, -0.1) is 0 Å². The van der Waals surface area contributed by atoms with Crippen molar-refractivity contribution in [1.82, 2.24) is 0 Å². The van der Waals surface area contributed by atoms with Crippen molar-refractivity contribution in [3.63, 3.8) is 0 Å². The molecule has 0 aliphatic heterocycles. The number of unbranched alkanes of at least 4 members (excludes halogenated alkanes) is 9. The van der Waals surface area contributed by atoms with E-state index in [0.717, 1.165) is 12.0 Å². The van der Waals surface area contributed by atoms with E-state index in [-0.39, 0.29) is 11.6 Å². The highest BCUT2D eigenvalue weighted by Gasteiger charge is 2.02. The molecule has 0 aromatic heterocycles. The number of benzene rings is 3. The van der Waals surface area contributed by atoms with E-state index in [9.17, 15) is 9.18 Å². The van der Waals surface area contributed by atoms with Gasteiger partial charge in [0.15, 0.2) is 5.78 Å². The van der Waals surface area contributed by atoms with Crippen LogP contribution >= 0.6 is 0 Å². The number of halogens is 1. The van der Waals surface area contributed by atoms with Crippen LogP contribution in [0.25, 0.3) is 12.2 Å². The molecule has 0 fully saturated rings. The van der Waals surface area contributed by atoms with E-state index < -0.39 is 0 Å². The Morgan fingerprint density at radius 3 is 1.49 bits per heavy atom. The van der Waals surface area contributed by atoms with Gasteiger partial charge in [-0.3, -0.25) is 4.79 Å². The van der Waals surface area contributed by atoms with Crippen LogP contribution in [0.15, 0.2) is 85.5 Å². The summed E-state index contributed by atoms with van der Waals surface area (Å²) < 4.78 is 13.0. The maximum Gasteiger partial charge on any atom is 0.185 e. The molecule has 3 rings (SSSR count). The molecule has 0 saturated carbocycles. The molecule has 0 aliphatic carbocycles. The predicted octanol–water partition coefficient (Wildman–Crippen LogP) is 10.1. The smallest absolute Gasteiger partial charge is 0.185 e. The van der Waals surface area contributed by atoms with Crippen LogP contribution < -0.4 is 0 Å². The molecular formula is C35H41FO. The van der Waals surface area contributed by atoms with Crippen molar-refractivity contribution in [3.05, 3.63) is 119 Å². The lowest BCUT2D eigenvalue weighted by molar-refractivity contribution is 0.104. The predicted molar refractivity (Wildman–Crippen MR) is 156 cm³/mol. The van der Waals surface area contributed by atoms with Crippen LogP contribution in [0.2, 0.25) is 0 Å². The molecule has 0 heterocycles. The van der Waals surface area contributed by atoms with Crippen molar-refractivity contribution < 1.29 is 9.18 Å². The molecule has 0 radical (unpaired) electrons. The van der Waals surface area contributed by atoms with Crippen molar-refractivity contribution >= 4 is 17.9 Å². The molecule has 37 heavy (non-hydrogen) atoms. The lowest BCUT2D eigenvalue weighted by Gasteiger charge is -2.05. The third-order valence-electron chi connectivity index (χ3n) is 6.93. The molecule has 2 heteroatoms. The fraction of sp³-hybridized carbons (Fsp3) is 0.343. The fourth-order valence-corrected chi connectivity index (χ4v) is 4.57. The van der Waals surface area contributed by atoms with Crippen molar-refractivity contribution in [2.75, 3.05) is 0 Å². The first-order valence-electron chi connectivity index (χ1n) is 13.9. The molecule has 194 valence electrons. The van der Waals surface area contributed by atoms with Gasteiger partial charge in [0.05, 0.1) is 0 Å². The van der Waals surface area contributed by atoms with Gasteiger partial charge in [0.25, 0.3) is 0 Å². The van der Waals surface area contributed by atoms with Gasteiger partial charge in [0.2, 0.25) is 0 Å². The first kappa shape index (κ1) is 28.3. The summed E-state index contributed by atoms with van der Waals surface area (Å²) in [7, 11) is 0. The SMILES string of the molecule is C=Cc1ccc(CCCCCCCCCCCCc2ccc(/C=C/C(=O)c3ccc(F)cc3)cc2)cc1. The molecule has 0 saturated heterocycles. The number of ketones is 1. The third-order valence-corrected chi connectivity index (χ3v) is 6.93. The molecule has 0 spiro atoms. The minimum Gasteiger partial charge on any atom is -0.289 e. The number of hydrogen-bond acceptors (Lipinski definition) is 1. The second-order valence-corrected chi connectivity index (χ2v) is 9.93. The molecule has 0 aliphatic rings. The average molecular weight is 497 g/mol. The normalized spacial score (nSPS) is 11.2. The summed E-state index contributed by atoms with van der Waals surface area (Å²) in [5.74, 6) is -0.449. The van der Waals surface area contributed by atoms with E-state index in [1.54, 1.807) is 6.08 Å². The molecule has 0 amide bonds. The van der Waals surface area contributed by atoms with Crippen LogP contribution in [0, 0.1) is 5.82 Å². The summed E-state index contributed by atoms with van der Waals surface area (Å²) in [4.78, 5) is 12.2. The first-order chi connectivity index (χ1) is 18.1. The van der Waals surface area contributed by atoms with Crippen molar-refractivity contribution in [2.24, 2.45) is 0 Å². The molecule has 0 unspecified atom stereocenters. The summed E-state index contributed by atoms with van der Waals surface area (Å²) in [6.07, 6.45) is 20.8. The largest absolute Gasteiger partial charge is 0.289 e. The Kier molecular flexibility index (Phi) is 12.6. The van der Waals surface area contributed by atoms with E-state index >= 15 is 0 Å². The minimum absolute atomic E-state index is 0.116. The van der Waals surface area contributed by atoms with Gasteiger partial charge in [0.1, 0.15) is 5.82 Å². The van der Waals surface area contributed by atoms with E-state index in [2.05, 4.69) is 55.1 Å². The molecular weight excluding hydrogens is 455 g/mol. The average Bonchev–Trinajstić information content (AvgIpc) is 2.93. The van der Waals surface area contributed by atoms with E-state index in [1.807, 2.05) is 12.2 Å². The summed E-state index contributed by atoms with van der Waals surface area (Å²) in [5, 5.41) is 0. The number of aryl methyl sites for hydroxylation is 2. The summed E-state index contributed by atoms with van der Waals surface area (Å²) in [5.41, 5.74) is 5.48.